The van der Waals surface area contributed by atoms with Crippen LogP contribution in [0.15, 0.2) is 30.5 Å². The van der Waals surface area contributed by atoms with Crippen LogP contribution in [0.25, 0.3) is 0 Å². The van der Waals surface area contributed by atoms with Gasteiger partial charge in [0.15, 0.2) is 0 Å². The molecule has 0 atom stereocenters. The number of hydrogen-bond donors (Lipinski definition) is 2. The smallest absolute Gasteiger partial charge is 0.229 e. The summed E-state index contributed by atoms with van der Waals surface area (Å²) in [6.07, 6.45) is 3.69. The predicted octanol–water partition coefficient (Wildman–Crippen LogP) is 4.13. The molecule has 1 heterocycles. The molecule has 0 aliphatic carbocycles. The maximum atomic E-state index is 11.6. The fourth-order valence-corrected chi connectivity index (χ4v) is 3.92. The van der Waals surface area contributed by atoms with Gasteiger partial charge in [-0.1, -0.05) is 37.8 Å². The van der Waals surface area contributed by atoms with Gasteiger partial charge >= 0.3 is 0 Å². The summed E-state index contributed by atoms with van der Waals surface area (Å²) in [5.74, 6) is 0.598. The summed E-state index contributed by atoms with van der Waals surface area (Å²) in [7, 11) is -4.60. The van der Waals surface area contributed by atoms with E-state index >= 15 is 0 Å². The van der Waals surface area contributed by atoms with E-state index in [1.807, 2.05) is 6.07 Å². The molecule has 0 saturated carbocycles. The second kappa shape index (κ2) is 7.71. The van der Waals surface area contributed by atoms with E-state index in [9.17, 15) is 8.42 Å². The molecule has 0 saturated heterocycles. The van der Waals surface area contributed by atoms with Crippen LogP contribution in [0.1, 0.15) is 5.56 Å². The SMILES string of the molecule is C[Si](C)(C)CCc1cnc(Cl)nc1Nc1ccccc1NS(C)(=O)=O. The van der Waals surface area contributed by atoms with Gasteiger partial charge in [-0.05, 0) is 30.2 Å². The van der Waals surface area contributed by atoms with Crippen molar-refractivity contribution in [3.63, 3.8) is 0 Å². The summed E-state index contributed by atoms with van der Waals surface area (Å²) in [5.41, 5.74) is 2.02. The molecule has 1 aromatic carbocycles. The number of sulfonamides is 1. The van der Waals surface area contributed by atoms with Crippen LogP contribution in [0, 0.1) is 0 Å². The summed E-state index contributed by atoms with van der Waals surface area (Å²) in [4.78, 5) is 8.37. The Bertz CT molecular complexity index is 853. The van der Waals surface area contributed by atoms with Crippen LogP contribution < -0.4 is 10.0 Å². The summed E-state index contributed by atoms with van der Waals surface area (Å²) in [6.45, 7) is 6.92. The summed E-state index contributed by atoms with van der Waals surface area (Å²) in [6, 6.07) is 8.15. The highest BCUT2D eigenvalue weighted by Crippen LogP contribution is 2.28. The molecule has 0 spiro atoms. The number of nitrogens with zero attached hydrogens (tertiary/aromatic N) is 2. The number of rotatable bonds is 7. The first-order chi connectivity index (χ1) is 11.5. The number of halogens is 1. The van der Waals surface area contributed by atoms with Crippen LogP contribution in [0.4, 0.5) is 17.2 Å². The molecule has 1 aromatic heterocycles. The average Bonchev–Trinajstić information content (AvgIpc) is 2.46. The highest BCUT2D eigenvalue weighted by atomic mass is 35.5. The van der Waals surface area contributed by atoms with Crippen LogP contribution in [0.2, 0.25) is 31.0 Å². The van der Waals surface area contributed by atoms with Crippen molar-refractivity contribution in [2.24, 2.45) is 0 Å². The van der Waals surface area contributed by atoms with E-state index in [-0.39, 0.29) is 5.28 Å². The number of aromatic nitrogens is 2. The molecule has 0 amide bonds. The fraction of sp³-hybridized carbons (Fsp3) is 0.375. The van der Waals surface area contributed by atoms with E-state index in [2.05, 4.69) is 39.6 Å². The van der Waals surface area contributed by atoms with E-state index < -0.39 is 18.1 Å². The second-order valence-corrected chi connectivity index (χ2v) is 14.8. The molecule has 25 heavy (non-hydrogen) atoms. The van der Waals surface area contributed by atoms with E-state index in [4.69, 9.17) is 11.6 Å². The van der Waals surface area contributed by atoms with Gasteiger partial charge in [-0.3, -0.25) is 4.72 Å². The number of anilines is 3. The van der Waals surface area contributed by atoms with E-state index in [1.54, 1.807) is 24.4 Å². The van der Waals surface area contributed by atoms with Crippen LogP contribution in [-0.4, -0.2) is 32.7 Å². The Labute approximate surface area is 155 Å². The van der Waals surface area contributed by atoms with Crippen molar-refractivity contribution in [1.82, 2.24) is 9.97 Å². The molecule has 136 valence electrons. The number of aryl methyl sites for hydroxylation is 1. The summed E-state index contributed by atoms with van der Waals surface area (Å²) < 4.78 is 25.6. The molecular weight excluding hydrogens is 376 g/mol. The largest absolute Gasteiger partial charge is 0.338 e. The normalized spacial score (nSPS) is 12.0. The van der Waals surface area contributed by atoms with E-state index in [0.717, 1.165) is 24.3 Å². The molecule has 0 bridgehead atoms. The molecule has 0 radical (unpaired) electrons. The van der Waals surface area contributed by atoms with Gasteiger partial charge in [0.2, 0.25) is 15.3 Å². The quantitative estimate of drug-likeness (QED) is 0.541. The zero-order chi connectivity index (χ0) is 18.7. The Morgan fingerprint density at radius 3 is 2.40 bits per heavy atom. The van der Waals surface area contributed by atoms with Crippen molar-refractivity contribution < 1.29 is 8.42 Å². The fourth-order valence-electron chi connectivity index (χ4n) is 2.19. The third kappa shape index (κ3) is 6.64. The molecule has 2 N–H and O–H groups in total. The molecule has 2 aromatic rings. The van der Waals surface area contributed by atoms with Crippen molar-refractivity contribution in [2.45, 2.75) is 32.1 Å². The lowest BCUT2D eigenvalue weighted by Gasteiger charge is -2.18. The van der Waals surface area contributed by atoms with Crippen LogP contribution in [0.5, 0.6) is 0 Å². The van der Waals surface area contributed by atoms with Gasteiger partial charge in [0.25, 0.3) is 0 Å². The van der Waals surface area contributed by atoms with Gasteiger partial charge < -0.3 is 5.32 Å². The average molecular weight is 399 g/mol. The van der Waals surface area contributed by atoms with Crippen molar-refractivity contribution in [3.05, 3.63) is 41.3 Å². The van der Waals surface area contributed by atoms with Crippen LogP contribution in [0.3, 0.4) is 0 Å². The zero-order valence-electron chi connectivity index (χ0n) is 14.8. The van der Waals surface area contributed by atoms with Gasteiger partial charge in [-0.25, -0.2) is 18.4 Å². The van der Waals surface area contributed by atoms with Crippen molar-refractivity contribution >= 4 is 46.9 Å². The maximum Gasteiger partial charge on any atom is 0.229 e. The van der Waals surface area contributed by atoms with Crippen LogP contribution in [-0.2, 0) is 16.4 Å². The first-order valence-corrected chi connectivity index (χ1v) is 13.9. The molecule has 6 nitrogen and oxygen atoms in total. The Morgan fingerprint density at radius 1 is 1.16 bits per heavy atom. The number of para-hydroxylation sites is 2. The molecular formula is C16H23ClN4O2SSi. The third-order valence-corrected chi connectivity index (χ3v) is 5.98. The van der Waals surface area contributed by atoms with Crippen molar-refractivity contribution in [1.29, 1.82) is 0 Å². The minimum Gasteiger partial charge on any atom is -0.338 e. The van der Waals surface area contributed by atoms with Crippen molar-refractivity contribution in [3.8, 4) is 0 Å². The zero-order valence-corrected chi connectivity index (χ0v) is 17.4. The second-order valence-electron chi connectivity index (χ2n) is 7.12. The molecule has 2 rings (SSSR count). The molecule has 9 heteroatoms. The Kier molecular flexibility index (Phi) is 6.07. The first-order valence-electron chi connectivity index (χ1n) is 7.89. The van der Waals surface area contributed by atoms with E-state index in [1.165, 1.54) is 0 Å². The van der Waals surface area contributed by atoms with Crippen molar-refractivity contribution in [2.75, 3.05) is 16.3 Å². The highest BCUT2D eigenvalue weighted by molar-refractivity contribution is 7.92. The number of nitrogens with one attached hydrogen (secondary N) is 2. The van der Waals surface area contributed by atoms with Gasteiger partial charge in [0, 0.05) is 19.8 Å². The van der Waals surface area contributed by atoms with Crippen LogP contribution >= 0.6 is 11.6 Å². The number of hydrogen-bond acceptors (Lipinski definition) is 5. The monoisotopic (exact) mass is 398 g/mol. The van der Waals surface area contributed by atoms with Gasteiger partial charge in [0.1, 0.15) is 5.82 Å². The lowest BCUT2D eigenvalue weighted by atomic mass is 10.2. The topological polar surface area (TPSA) is 84.0 Å². The predicted molar refractivity (Wildman–Crippen MR) is 107 cm³/mol. The molecule has 0 aliphatic rings. The summed E-state index contributed by atoms with van der Waals surface area (Å²) in [5, 5.41) is 3.34. The highest BCUT2D eigenvalue weighted by Gasteiger charge is 2.16. The standard InChI is InChI=1S/C16H23ClN4O2SSi/c1-24(22,23)21-14-8-6-5-7-13(14)19-15-12(9-10-25(2,3)4)11-18-16(17)20-15/h5-8,11,21H,9-10H2,1-4H3,(H,18,19,20). The lowest BCUT2D eigenvalue weighted by molar-refractivity contribution is 0.607. The van der Waals surface area contributed by atoms with Gasteiger partial charge in [0.05, 0.1) is 17.6 Å². The minimum atomic E-state index is -3.38. The minimum absolute atomic E-state index is 0.146. The number of benzene rings is 1. The Morgan fingerprint density at radius 2 is 1.80 bits per heavy atom. The third-order valence-electron chi connectivity index (χ3n) is 3.45. The molecule has 0 fully saturated rings. The van der Waals surface area contributed by atoms with E-state index in [0.29, 0.717) is 17.2 Å². The first kappa shape index (κ1) is 19.7. The molecule has 0 unspecified atom stereocenters. The Balaban J connectivity index is 2.32. The summed E-state index contributed by atoms with van der Waals surface area (Å²) >= 11 is 5.95. The lowest BCUT2D eigenvalue weighted by Crippen LogP contribution is -2.20. The van der Waals surface area contributed by atoms with Gasteiger partial charge in [-0.2, -0.15) is 0 Å². The van der Waals surface area contributed by atoms with Gasteiger partial charge in [-0.15, -0.1) is 0 Å². The Hall–Kier alpha value is -1.64. The molecule has 0 aliphatic heterocycles. The maximum absolute atomic E-state index is 11.6.